The van der Waals surface area contributed by atoms with Crippen molar-refractivity contribution in [3.63, 3.8) is 0 Å². The summed E-state index contributed by atoms with van der Waals surface area (Å²) in [4.78, 5) is 21.0. The van der Waals surface area contributed by atoms with Crippen LogP contribution in [0.4, 0.5) is 5.69 Å². The highest BCUT2D eigenvalue weighted by atomic mass is 16.5. The number of nitrogens with zero attached hydrogens (tertiary/aromatic N) is 5. The standard InChI is InChI=1S/C32H39N5O4/c38-26(18-21-8-16-39-17-9-21)37(25-3-1-2-24(19-25)29-35-34-28(40-29)23-6-7-23)20-31-10-13-32(14-11-31,15-12-31)30-33-27(36-41-30)22-4-5-22/h1-3,19,21-23H,4-18,20H2. The fourth-order valence-electron chi connectivity index (χ4n) is 7.40. The van der Waals surface area contributed by atoms with E-state index < -0.39 is 0 Å². The molecule has 216 valence electrons. The summed E-state index contributed by atoms with van der Waals surface area (Å²) in [5.41, 5.74) is 1.91. The summed E-state index contributed by atoms with van der Waals surface area (Å²) in [6, 6.07) is 8.14. The topological polar surface area (TPSA) is 107 Å². The molecule has 0 spiro atoms. The molecule has 0 N–H and O–H groups in total. The highest BCUT2D eigenvalue weighted by Gasteiger charge is 2.53. The molecule has 2 aromatic heterocycles. The molecule has 3 aromatic rings. The number of amides is 1. The van der Waals surface area contributed by atoms with Gasteiger partial charge in [-0.15, -0.1) is 10.2 Å². The monoisotopic (exact) mass is 557 g/mol. The molecule has 0 atom stereocenters. The van der Waals surface area contributed by atoms with Gasteiger partial charge in [0.1, 0.15) is 0 Å². The number of benzene rings is 1. The normalized spacial score (nSPS) is 28.2. The second kappa shape index (κ2) is 10.0. The van der Waals surface area contributed by atoms with E-state index in [0.29, 0.717) is 30.1 Å². The van der Waals surface area contributed by atoms with Crippen molar-refractivity contribution in [2.24, 2.45) is 11.3 Å². The molecule has 41 heavy (non-hydrogen) atoms. The summed E-state index contributed by atoms with van der Waals surface area (Å²) < 4.78 is 17.4. The van der Waals surface area contributed by atoms with Crippen LogP contribution in [-0.4, -0.2) is 46.0 Å². The molecule has 9 nitrogen and oxygen atoms in total. The average Bonchev–Trinajstić information content (AvgIpc) is 3.96. The maximum Gasteiger partial charge on any atom is 0.247 e. The Balaban J connectivity index is 1.04. The molecular weight excluding hydrogens is 518 g/mol. The molecule has 3 heterocycles. The lowest BCUT2D eigenvalue weighted by Gasteiger charge is -2.53. The number of hydrogen-bond acceptors (Lipinski definition) is 8. The number of aromatic nitrogens is 4. The average molecular weight is 558 g/mol. The maximum absolute atomic E-state index is 14.1. The third-order valence-electron chi connectivity index (χ3n) is 10.6. The van der Waals surface area contributed by atoms with Crippen LogP contribution in [0.3, 0.4) is 0 Å². The van der Waals surface area contributed by atoms with E-state index in [0.717, 1.165) is 113 Å². The molecule has 2 bridgehead atoms. The van der Waals surface area contributed by atoms with Crippen LogP contribution >= 0.6 is 0 Å². The minimum Gasteiger partial charge on any atom is -0.420 e. The smallest absolute Gasteiger partial charge is 0.247 e. The van der Waals surface area contributed by atoms with E-state index in [2.05, 4.69) is 32.4 Å². The van der Waals surface area contributed by atoms with Crippen LogP contribution < -0.4 is 4.90 Å². The number of hydrogen-bond donors (Lipinski definition) is 0. The van der Waals surface area contributed by atoms with E-state index >= 15 is 0 Å². The lowest BCUT2D eigenvalue weighted by atomic mass is 9.53. The Kier molecular flexibility index (Phi) is 6.27. The van der Waals surface area contributed by atoms with Crippen molar-refractivity contribution in [2.45, 2.75) is 101 Å². The van der Waals surface area contributed by atoms with Gasteiger partial charge in [0.25, 0.3) is 0 Å². The Morgan fingerprint density at radius 2 is 1.68 bits per heavy atom. The van der Waals surface area contributed by atoms with Crippen molar-refractivity contribution < 1.29 is 18.5 Å². The summed E-state index contributed by atoms with van der Waals surface area (Å²) >= 11 is 0. The summed E-state index contributed by atoms with van der Waals surface area (Å²) in [6.07, 6.45) is 13.4. The SMILES string of the molecule is O=C(CC1CCOCC1)N(CC12CCC(c3nc(C4CC4)no3)(CC1)CC2)c1cccc(-c2nnc(C3CC3)o2)c1. The van der Waals surface area contributed by atoms with Crippen LogP contribution in [0.1, 0.15) is 113 Å². The van der Waals surface area contributed by atoms with Gasteiger partial charge in [-0.3, -0.25) is 4.79 Å². The van der Waals surface area contributed by atoms with Gasteiger partial charge in [-0.2, -0.15) is 4.98 Å². The highest BCUT2D eigenvalue weighted by molar-refractivity contribution is 5.94. The summed E-state index contributed by atoms with van der Waals surface area (Å²) in [5, 5.41) is 13.0. The Labute approximate surface area is 240 Å². The first kappa shape index (κ1) is 25.6. The van der Waals surface area contributed by atoms with Crippen molar-refractivity contribution >= 4 is 11.6 Å². The Hall–Kier alpha value is -3.07. The number of carbonyl (C=O) groups excluding carboxylic acids is 1. The molecule has 1 aliphatic heterocycles. The molecular formula is C32H39N5O4. The number of anilines is 1. The first-order valence-corrected chi connectivity index (χ1v) is 15.7. The van der Waals surface area contributed by atoms with Gasteiger partial charge in [0.05, 0.1) is 0 Å². The van der Waals surface area contributed by atoms with Crippen molar-refractivity contribution in [3.05, 3.63) is 41.9 Å². The Morgan fingerprint density at radius 3 is 2.41 bits per heavy atom. The Bertz CT molecular complexity index is 1390. The van der Waals surface area contributed by atoms with Crippen molar-refractivity contribution in [1.29, 1.82) is 0 Å². The highest BCUT2D eigenvalue weighted by Crippen LogP contribution is 2.58. The second-order valence-corrected chi connectivity index (χ2v) is 13.5. The van der Waals surface area contributed by atoms with Crippen LogP contribution in [0.2, 0.25) is 0 Å². The zero-order valence-corrected chi connectivity index (χ0v) is 23.7. The van der Waals surface area contributed by atoms with Crippen LogP contribution in [0.25, 0.3) is 11.5 Å². The van der Waals surface area contributed by atoms with Gasteiger partial charge in [0.2, 0.25) is 23.6 Å². The fraction of sp³-hybridized carbons (Fsp3) is 0.656. The fourth-order valence-corrected chi connectivity index (χ4v) is 7.40. The van der Waals surface area contributed by atoms with Crippen LogP contribution in [0.5, 0.6) is 0 Å². The van der Waals surface area contributed by atoms with Gasteiger partial charge in [0.15, 0.2) is 5.82 Å². The van der Waals surface area contributed by atoms with Gasteiger partial charge >= 0.3 is 0 Å². The second-order valence-electron chi connectivity index (χ2n) is 13.5. The van der Waals surface area contributed by atoms with E-state index in [-0.39, 0.29) is 16.7 Å². The van der Waals surface area contributed by atoms with Crippen LogP contribution in [0, 0.1) is 11.3 Å². The largest absolute Gasteiger partial charge is 0.420 e. The third-order valence-corrected chi connectivity index (χ3v) is 10.6. The third kappa shape index (κ3) is 5.00. The number of rotatable bonds is 9. The van der Waals surface area contributed by atoms with Gasteiger partial charge in [-0.25, -0.2) is 0 Å². The van der Waals surface area contributed by atoms with E-state index in [1.807, 2.05) is 12.1 Å². The number of carbonyl (C=O) groups is 1. The maximum atomic E-state index is 14.1. The molecule has 0 radical (unpaired) electrons. The van der Waals surface area contributed by atoms with Crippen molar-refractivity contribution in [3.8, 4) is 11.5 Å². The minimum absolute atomic E-state index is 0.00988. The van der Waals surface area contributed by atoms with Crippen LogP contribution in [-0.2, 0) is 14.9 Å². The lowest BCUT2D eigenvalue weighted by molar-refractivity contribution is -0.121. The van der Waals surface area contributed by atoms with E-state index in [1.165, 1.54) is 12.8 Å². The molecule has 9 rings (SSSR count). The van der Waals surface area contributed by atoms with Gasteiger partial charge < -0.3 is 18.6 Å². The van der Waals surface area contributed by atoms with Crippen molar-refractivity contribution in [1.82, 2.24) is 20.3 Å². The van der Waals surface area contributed by atoms with Gasteiger partial charge in [-0.1, -0.05) is 11.2 Å². The molecule has 5 aliphatic carbocycles. The molecule has 6 fully saturated rings. The molecule has 6 aliphatic rings. The van der Waals surface area contributed by atoms with Crippen molar-refractivity contribution in [2.75, 3.05) is 24.7 Å². The predicted octanol–water partition coefficient (Wildman–Crippen LogP) is 6.32. The number of ether oxygens (including phenoxy) is 1. The summed E-state index contributed by atoms with van der Waals surface area (Å²) in [5.74, 6) is 4.54. The zero-order chi connectivity index (χ0) is 27.4. The summed E-state index contributed by atoms with van der Waals surface area (Å²) in [6.45, 7) is 2.24. The van der Waals surface area contributed by atoms with Gasteiger partial charge in [-0.05, 0) is 107 Å². The molecule has 1 amide bonds. The first-order valence-electron chi connectivity index (χ1n) is 15.7. The Morgan fingerprint density at radius 1 is 0.927 bits per heavy atom. The van der Waals surface area contributed by atoms with Gasteiger partial charge in [0, 0.05) is 54.7 Å². The molecule has 1 aromatic carbocycles. The number of fused-ring (bicyclic) bond motifs is 3. The molecule has 9 heteroatoms. The van der Waals surface area contributed by atoms with E-state index in [4.69, 9.17) is 18.7 Å². The minimum atomic E-state index is 0.00988. The molecule has 0 unspecified atom stereocenters. The van der Waals surface area contributed by atoms with E-state index in [9.17, 15) is 4.79 Å². The molecule has 5 saturated carbocycles. The lowest BCUT2D eigenvalue weighted by Crippen LogP contribution is -2.51. The van der Waals surface area contributed by atoms with Crippen LogP contribution in [0.15, 0.2) is 33.2 Å². The quantitative estimate of drug-likeness (QED) is 0.301. The first-order chi connectivity index (χ1) is 20.1. The predicted molar refractivity (Wildman–Crippen MR) is 150 cm³/mol. The molecule has 1 saturated heterocycles. The van der Waals surface area contributed by atoms with E-state index in [1.54, 1.807) is 0 Å². The summed E-state index contributed by atoms with van der Waals surface area (Å²) in [7, 11) is 0. The zero-order valence-electron chi connectivity index (χ0n) is 23.7.